The van der Waals surface area contributed by atoms with Crippen LogP contribution in [0.15, 0.2) is 0 Å². The van der Waals surface area contributed by atoms with Gasteiger partial charge in [-0.2, -0.15) is 0 Å². The molecule has 2 rings (SSSR count). The van der Waals surface area contributed by atoms with E-state index in [1.165, 1.54) is 51.4 Å². The first kappa shape index (κ1) is 13.9. The second kappa shape index (κ2) is 7.13. The Kier molecular flexibility index (Phi) is 5.48. The van der Waals surface area contributed by atoms with E-state index in [9.17, 15) is 4.79 Å². The quantitative estimate of drug-likeness (QED) is 0.758. The lowest BCUT2D eigenvalue weighted by Gasteiger charge is -2.30. The summed E-state index contributed by atoms with van der Waals surface area (Å²) in [7, 11) is 0. The highest BCUT2D eigenvalue weighted by Crippen LogP contribution is 2.21. The molecular weight excluding hydrogens is 224 g/mol. The molecule has 3 nitrogen and oxygen atoms in total. The number of rotatable bonds is 3. The molecule has 0 aromatic heterocycles. The maximum absolute atomic E-state index is 12.3. The molecule has 1 aliphatic heterocycles. The van der Waals surface area contributed by atoms with Gasteiger partial charge in [0.25, 0.3) is 0 Å². The molecule has 0 spiro atoms. The van der Waals surface area contributed by atoms with Crippen molar-refractivity contribution in [1.29, 1.82) is 0 Å². The van der Waals surface area contributed by atoms with Gasteiger partial charge in [0, 0.05) is 6.04 Å². The van der Waals surface area contributed by atoms with E-state index in [0.29, 0.717) is 6.04 Å². The van der Waals surface area contributed by atoms with Gasteiger partial charge in [-0.15, -0.1) is 0 Å². The summed E-state index contributed by atoms with van der Waals surface area (Å²) in [5.74, 6) is 0.983. The van der Waals surface area contributed by atoms with Gasteiger partial charge in [0.1, 0.15) is 0 Å². The summed E-state index contributed by atoms with van der Waals surface area (Å²) < 4.78 is 0. The Morgan fingerprint density at radius 3 is 2.56 bits per heavy atom. The van der Waals surface area contributed by atoms with Crippen molar-refractivity contribution in [3.05, 3.63) is 0 Å². The van der Waals surface area contributed by atoms with E-state index in [1.807, 2.05) is 0 Å². The minimum Gasteiger partial charge on any atom is -0.352 e. The molecule has 18 heavy (non-hydrogen) atoms. The Balaban J connectivity index is 1.79. The predicted octanol–water partition coefficient (Wildman–Crippen LogP) is 2.60. The van der Waals surface area contributed by atoms with E-state index in [0.717, 1.165) is 18.9 Å². The van der Waals surface area contributed by atoms with E-state index in [4.69, 9.17) is 0 Å². The van der Waals surface area contributed by atoms with Crippen LogP contribution in [-0.4, -0.2) is 24.5 Å². The van der Waals surface area contributed by atoms with Gasteiger partial charge in [-0.25, -0.2) is 0 Å². The van der Waals surface area contributed by atoms with Crippen molar-refractivity contribution in [1.82, 2.24) is 10.6 Å². The molecule has 3 heteroatoms. The van der Waals surface area contributed by atoms with Crippen LogP contribution in [0.5, 0.6) is 0 Å². The maximum atomic E-state index is 12.3. The first-order valence-electron chi connectivity index (χ1n) is 7.83. The Labute approximate surface area is 111 Å². The molecule has 2 aliphatic rings. The summed E-state index contributed by atoms with van der Waals surface area (Å²) in [6.07, 6.45) is 11.0. The van der Waals surface area contributed by atoms with Gasteiger partial charge < -0.3 is 10.6 Å². The van der Waals surface area contributed by atoms with Gasteiger partial charge in [-0.1, -0.05) is 39.0 Å². The molecule has 2 N–H and O–H groups in total. The zero-order chi connectivity index (χ0) is 12.8. The van der Waals surface area contributed by atoms with Crippen molar-refractivity contribution in [2.24, 2.45) is 5.92 Å². The maximum Gasteiger partial charge on any atom is 0.237 e. The summed E-state index contributed by atoms with van der Waals surface area (Å²) in [5, 5.41) is 6.65. The molecule has 1 aliphatic carbocycles. The standard InChI is InChI=1S/C15H28N2O/c1-2-12-9-10-16-14(11-12)15(18)17-13-7-5-3-4-6-8-13/h12-14,16H,2-11H2,1H3,(H,17,18). The molecular formula is C15H28N2O. The fourth-order valence-corrected chi connectivity index (χ4v) is 3.29. The van der Waals surface area contributed by atoms with Crippen LogP contribution in [0.4, 0.5) is 0 Å². The molecule has 0 radical (unpaired) electrons. The number of amides is 1. The second-order valence-corrected chi connectivity index (χ2v) is 6.00. The van der Waals surface area contributed by atoms with Crippen molar-refractivity contribution in [3.8, 4) is 0 Å². The molecule has 2 atom stereocenters. The monoisotopic (exact) mass is 252 g/mol. The Hall–Kier alpha value is -0.570. The Morgan fingerprint density at radius 2 is 1.89 bits per heavy atom. The fourth-order valence-electron chi connectivity index (χ4n) is 3.29. The highest BCUT2D eigenvalue weighted by atomic mass is 16.2. The summed E-state index contributed by atoms with van der Waals surface area (Å²) in [5.41, 5.74) is 0. The van der Waals surface area contributed by atoms with Crippen molar-refractivity contribution in [2.45, 2.75) is 76.8 Å². The minimum absolute atomic E-state index is 0.0620. The van der Waals surface area contributed by atoms with E-state index in [1.54, 1.807) is 0 Å². The van der Waals surface area contributed by atoms with E-state index < -0.39 is 0 Å². The number of nitrogens with one attached hydrogen (secondary N) is 2. The van der Waals surface area contributed by atoms with Gasteiger partial charge >= 0.3 is 0 Å². The third-order valence-electron chi connectivity index (χ3n) is 4.61. The van der Waals surface area contributed by atoms with Crippen LogP contribution in [0.3, 0.4) is 0 Å². The van der Waals surface area contributed by atoms with Crippen molar-refractivity contribution < 1.29 is 4.79 Å². The second-order valence-electron chi connectivity index (χ2n) is 6.00. The van der Waals surface area contributed by atoms with Crippen LogP contribution in [0.2, 0.25) is 0 Å². The highest BCUT2D eigenvalue weighted by molar-refractivity contribution is 5.82. The van der Waals surface area contributed by atoms with Crippen LogP contribution in [0, 0.1) is 5.92 Å². The molecule has 104 valence electrons. The lowest BCUT2D eigenvalue weighted by molar-refractivity contribution is -0.124. The molecule has 1 amide bonds. The van der Waals surface area contributed by atoms with Gasteiger partial charge in [-0.05, 0) is 38.1 Å². The normalized spacial score (nSPS) is 30.7. The largest absolute Gasteiger partial charge is 0.352 e. The zero-order valence-electron chi connectivity index (χ0n) is 11.7. The van der Waals surface area contributed by atoms with E-state index >= 15 is 0 Å². The lowest BCUT2D eigenvalue weighted by Crippen LogP contribution is -2.51. The van der Waals surface area contributed by atoms with Crippen molar-refractivity contribution in [2.75, 3.05) is 6.54 Å². The Morgan fingerprint density at radius 1 is 1.17 bits per heavy atom. The third-order valence-corrected chi connectivity index (χ3v) is 4.61. The van der Waals surface area contributed by atoms with Crippen LogP contribution in [-0.2, 0) is 4.79 Å². The third kappa shape index (κ3) is 3.98. The van der Waals surface area contributed by atoms with E-state index in [-0.39, 0.29) is 11.9 Å². The summed E-state index contributed by atoms with van der Waals surface area (Å²) >= 11 is 0. The fraction of sp³-hybridized carbons (Fsp3) is 0.933. The van der Waals surface area contributed by atoms with Crippen molar-refractivity contribution in [3.63, 3.8) is 0 Å². The zero-order valence-corrected chi connectivity index (χ0v) is 11.7. The lowest BCUT2D eigenvalue weighted by atomic mass is 9.90. The van der Waals surface area contributed by atoms with Gasteiger partial charge in [0.15, 0.2) is 0 Å². The van der Waals surface area contributed by atoms with Gasteiger partial charge in [0.05, 0.1) is 6.04 Å². The van der Waals surface area contributed by atoms with Crippen LogP contribution >= 0.6 is 0 Å². The molecule has 1 heterocycles. The number of carbonyl (C=O) groups excluding carboxylic acids is 1. The van der Waals surface area contributed by atoms with Crippen LogP contribution in [0.25, 0.3) is 0 Å². The molecule has 0 aromatic rings. The first-order valence-corrected chi connectivity index (χ1v) is 7.83. The summed E-state index contributed by atoms with van der Waals surface area (Å²) in [4.78, 5) is 12.3. The molecule has 0 bridgehead atoms. The van der Waals surface area contributed by atoms with Gasteiger partial charge in [0.2, 0.25) is 5.91 Å². The SMILES string of the molecule is CCC1CCNC(C(=O)NC2CCCCCC2)C1. The average molecular weight is 252 g/mol. The minimum atomic E-state index is 0.0620. The molecule has 1 saturated carbocycles. The summed E-state index contributed by atoms with van der Waals surface area (Å²) in [6.45, 7) is 3.23. The summed E-state index contributed by atoms with van der Waals surface area (Å²) in [6, 6.07) is 0.496. The number of hydrogen-bond acceptors (Lipinski definition) is 2. The van der Waals surface area contributed by atoms with Gasteiger partial charge in [-0.3, -0.25) is 4.79 Å². The highest BCUT2D eigenvalue weighted by Gasteiger charge is 2.27. The topological polar surface area (TPSA) is 41.1 Å². The molecule has 2 unspecified atom stereocenters. The number of hydrogen-bond donors (Lipinski definition) is 2. The molecule has 1 saturated heterocycles. The van der Waals surface area contributed by atoms with Crippen LogP contribution in [0.1, 0.15) is 64.7 Å². The molecule has 0 aromatic carbocycles. The average Bonchev–Trinajstić information content (AvgIpc) is 2.67. The van der Waals surface area contributed by atoms with E-state index in [2.05, 4.69) is 17.6 Å². The number of carbonyl (C=O) groups is 1. The smallest absolute Gasteiger partial charge is 0.237 e. The van der Waals surface area contributed by atoms with Crippen LogP contribution < -0.4 is 10.6 Å². The Bertz CT molecular complexity index is 259. The first-order chi connectivity index (χ1) is 8.79. The predicted molar refractivity (Wildman–Crippen MR) is 74.4 cm³/mol. The van der Waals surface area contributed by atoms with Crippen molar-refractivity contribution >= 4 is 5.91 Å². The molecule has 2 fully saturated rings. The number of piperidine rings is 1.